The topological polar surface area (TPSA) is 439 Å². The number of hydrogen-bond acceptors (Lipinski definition) is 18. The first-order valence-corrected chi connectivity index (χ1v) is 31.7. The number of Topliss-reactive ketones (excluding diaryl/α,β-unsaturated/α-hetero) is 1. The number of aliphatic hydroxyl groups is 2. The quantitative estimate of drug-likeness (QED) is 0.0476. The van der Waals surface area contributed by atoms with Gasteiger partial charge in [-0.2, -0.15) is 5.70 Å². The molecule has 2 saturated heterocycles. The maximum absolute atomic E-state index is 14.3. The summed E-state index contributed by atoms with van der Waals surface area (Å²) < 4.78 is 31.8. The van der Waals surface area contributed by atoms with E-state index in [1.54, 1.807) is 13.0 Å². The summed E-state index contributed by atoms with van der Waals surface area (Å²) in [4.78, 5) is 127. The van der Waals surface area contributed by atoms with Crippen molar-refractivity contribution in [2.24, 2.45) is 89.0 Å². The van der Waals surface area contributed by atoms with Crippen LogP contribution in [-0.2, 0) is 68.7 Å². The van der Waals surface area contributed by atoms with Crippen molar-refractivity contribution in [2.75, 3.05) is 13.2 Å². The molecule has 8 rings (SSSR count). The number of ether oxygens (including phenoxy) is 1. The number of aliphatic imine (C=N–C) groups is 3. The van der Waals surface area contributed by atoms with Crippen molar-refractivity contribution in [1.29, 1.82) is 0 Å². The fourth-order valence-electron chi connectivity index (χ4n) is 15.0. The van der Waals surface area contributed by atoms with E-state index in [1.807, 2.05) is 73.6 Å². The summed E-state index contributed by atoms with van der Waals surface area (Å²) >= 11 is 0. The van der Waals surface area contributed by atoms with Gasteiger partial charge in [0, 0.05) is 114 Å². The van der Waals surface area contributed by atoms with Crippen molar-refractivity contribution in [3.05, 3.63) is 77.1 Å². The van der Waals surface area contributed by atoms with Gasteiger partial charge in [0.05, 0.1) is 30.1 Å². The Morgan fingerprint density at radius 2 is 1.41 bits per heavy atom. The fraction of sp³-hybridized carbons (Fsp3) is 0.619. The van der Waals surface area contributed by atoms with Crippen LogP contribution in [0.2, 0.25) is 0 Å². The maximum atomic E-state index is 14.3. The van der Waals surface area contributed by atoms with E-state index in [1.165, 1.54) is 24.7 Å². The van der Waals surface area contributed by atoms with Crippen molar-refractivity contribution in [3.8, 4) is 0 Å². The number of rotatable bonds is 26. The first-order chi connectivity index (χ1) is 41.4. The minimum absolute atomic E-state index is 0. The largest absolute Gasteiger partial charge is 2.00 e. The van der Waals surface area contributed by atoms with Gasteiger partial charge in [0.1, 0.15) is 24.1 Å². The molecule has 6 aliphatic heterocycles. The van der Waals surface area contributed by atoms with Gasteiger partial charge in [-0.1, -0.05) is 47.1 Å². The third kappa shape index (κ3) is 14.4. The van der Waals surface area contributed by atoms with Crippen molar-refractivity contribution < 1.29 is 83.8 Å². The number of hydrogen-bond donors (Lipinski definition) is 8. The molecule has 6 amide bonds. The summed E-state index contributed by atoms with van der Waals surface area (Å²) in [5.41, 5.74) is 30.5. The van der Waals surface area contributed by atoms with E-state index in [0.29, 0.717) is 50.8 Å². The fourth-order valence-corrected chi connectivity index (χ4v) is 16.1. The van der Waals surface area contributed by atoms with E-state index < -0.39 is 137 Å². The number of carbonyl (C=O) groups is 7. The van der Waals surface area contributed by atoms with E-state index in [9.17, 15) is 53.2 Å². The zero-order chi connectivity index (χ0) is 65.8. The molecule has 15 atom stereocenters. The minimum atomic E-state index is -5.31. The van der Waals surface area contributed by atoms with Gasteiger partial charge in [-0.25, -0.2) is 4.98 Å². The van der Waals surface area contributed by atoms with Crippen LogP contribution in [0.1, 0.15) is 150 Å². The van der Waals surface area contributed by atoms with Crippen LogP contribution in [-0.4, -0.2) is 127 Å². The van der Waals surface area contributed by atoms with E-state index >= 15 is 0 Å². The Balaban J connectivity index is 0.00000658. The first-order valence-electron chi connectivity index (χ1n) is 30.3. The Labute approximate surface area is 541 Å². The zero-order valence-electron chi connectivity index (χ0n) is 54.0. The molecule has 26 nitrogen and oxygen atoms in total. The molecule has 91 heavy (non-hydrogen) atoms. The predicted octanol–water partition coefficient (Wildman–Crippen LogP) is 4.48. The van der Waals surface area contributed by atoms with E-state index in [0.717, 1.165) is 11.1 Å². The van der Waals surface area contributed by atoms with Crippen LogP contribution in [0, 0.1) is 66.6 Å². The summed E-state index contributed by atoms with van der Waals surface area (Å²) in [7, 11) is -5.31. The molecular formula is C63H90CoN12O14P-. The van der Waals surface area contributed by atoms with Gasteiger partial charge >= 0.3 is 16.8 Å². The molecule has 13 N–H and O–H groups in total. The molecule has 2 aromatic rings. The number of aryl methyl sites for hydroxylation is 2. The molecule has 28 heteroatoms. The van der Waals surface area contributed by atoms with Gasteiger partial charge in [0.2, 0.25) is 35.4 Å². The number of primary amides is 5. The Morgan fingerprint density at radius 1 is 0.813 bits per heavy atom. The van der Waals surface area contributed by atoms with Crippen molar-refractivity contribution in [1.82, 2.24) is 14.9 Å². The Morgan fingerprint density at radius 3 is 2.00 bits per heavy atom. The number of nitrogens with zero attached hydrogens (tertiary/aromatic N) is 6. The Hall–Kier alpha value is -6.29. The molecule has 6 aliphatic rings. The first kappa shape index (κ1) is 73.8. The van der Waals surface area contributed by atoms with E-state index in [4.69, 9.17) is 62.7 Å². The van der Waals surface area contributed by atoms with Crippen LogP contribution in [0.4, 0.5) is 0 Å². The number of nitrogens with one attached hydrogen (secondary N) is 1. The van der Waals surface area contributed by atoms with Crippen LogP contribution < -0.4 is 38.9 Å². The second kappa shape index (κ2) is 27.7. The van der Waals surface area contributed by atoms with Crippen LogP contribution in [0.3, 0.4) is 0 Å². The van der Waals surface area contributed by atoms with Crippen molar-refractivity contribution in [3.63, 3.8) is 0 Å². The maximum Gasteiger partial charge on any atom is 2.00 e. The minimum Gasteiger partial charge on any atom is -0.756 e. The van der Waals surface area contributed by atoms with Gasteiger partial charge in [-0.05, 0) is 119 Å². The summed E-state index contributed by atoms with van der Waals surface area (Å²) in [6.45, 7) is 18.7. The molecule has 0 spiro atoms. The number of aliphatic hydroxyl groups excluding tert-OH is 2. The van der Waals surface area contributed by atoms with Gasteiger partial charge in [0.15, 0.2) is 6.23 Å². The molecule has 0 aliphatic carbocycles. The predicted molar refractivity (Wildman–Crippen MR) is 335 cm³/mol. The third-order valence-electron chi connectivity index (χ3n) is 20.2. The number of fused-ring (bicyclic) bond motifs is 7. The van der Waals surface area contributed by atoms with Gasteiger partial charge in [-0.15, -0.1) is 0 Å². The monoisotopic (exact) mass is 1330 g/mol. The second-order valence-electron chi connectivity index (χ2n) is 26.8. The normalized spacial score (nSPS) is 31.5. The summed E-state index contributed by atoms with van der Waals surface area (Å²) in [6, 6.07) is 2.68. The number of imidazole rings is 1. The smallest absolute Gasteiger partial charge is 0.756 e. The zero-order valence-corrected chi connectivity index (χ0v) is 55.9. The Kier molecular flexibility index (Phi) is 22.5. The van der Waals surface area contributed by atoms with Crippen LogP contribution >= 0.6 is 7.82 Å². The van der Waals surface area contributed by atoms with E-state index in [-0.39, 0.29) is 107 Å². The number of carbonyl (C=O) groups excluding carboxylic acids is 7. The third-order valence-corrected chi connectivity index (χ3v) is 21.3. The molecule has 1 aromatic carbocycles. The number of allylic oxidation sites excluding steroid dienone is 6. The SMILES string of the molecule is CC(=O)CC[C@@H]1C2=CC3=NC(=CC4=N[C@H]([C@H](CC(N)=O)[C@@]4(C)CCC(=O)NCC(C)OP(=O)([O-])O[C@H]4[C@@H](O)[C@@H](n5cnc6cc(C)c(C)cc65)O[C@@H]4CO)[C@]4(C)[N-]C(=C(C)C(=N2)[C@@]1(C)CC(N)=O)[C@@H](CCC(N)=O)[C@]4(C)CC(N)=O)[C@@H](CCC(N)=O)C3(C)C.[CH3-].[Co+2]. The van der Waals surface area contributed by atoms with Crippen LogP contribution in [0.15, 0.2) is 68.3 Å². The van der Waals surface area contributed by atoms with Crippen molar-refractivity contribution in [2.45, 2.75) is 189 Å². The number of ketones is 1. The average molecular weight is 1330 g/mol. The van der Waals surface area contributed by atoms with Crippen LogP contribution in [0.5, 0.6) is 0 Å². The van der Waals surface area contributed by atoms with Gasteiger partial charge in [0.25, 0.3) is 7.82 Å². The number of aromatic nitrogens is 2. The number of phosphoric ester groups is 1. The summed E-state index contributed by atoms with van der Waals surface area (Å²) in [5, 5.41) is 30.1. The number of benzene rings is 1. The molecule has 0 saturated carbocycles. The summed E-state index contributed by atoms with van der Waals surface area (Å²) in [6.07, 6.45) is -2.44. The molecule has 7 heterocycles. The van der Waals surface area contributed by atoms with Crippen LogP contribution in [0.25, 0.3) is 16.4 Å². The standard InChI is InChI=1S/C62H89N12O14P.CH3.Co/c1-30-20-41-42(21-31(30)2)74(29-69-41)57-53(83)54(43(28-75)86-57)88-89(84,85)87-33(4)27-68-51(82)18-19-59(8)38(22-48(65)79)56-62(11)61(10,26-50(67)81)37(15-17-47(64)78)52(73-62)34(5)55-60(9,25-49(66)80)36(13-12-32(3)76)40(71-55)23-44-58(6,7)35(14-16-46(63)77)39(70-44)24-45(59)72-56;;/h20-21,23-24,29,33,35-38,43,53-54,56-57,75,83H,12-19,22,25-28H2,1-11H3,(H13,63,64,65,66,67,68,70,71,72,73,77,78,79,80,81,82,84,85);1H3;/q;-1;+2/p-2/t33?,35-,36-,37-,38+,43-,53-,54-,56-,57+,59-,60+,61+,62+;;/m1../s1. The molecule has 8 bridgehead atoms. The molecule has 501 valence electrons. The number of nitrogens with two attached hydrogens (primary N) is 5. The molecule has 1 radical (unpaired) electrons. The number of phosphoric acid groups is 1. The van der Waals surface area contributed by atoms with E-state index in [2.05, 4.69) is 10.3 Å². The number of amides is 6. The van der Waals surface area contributed by atoms with Gasteiger partial charge < -0.3 is 85.0 Å². The second-order valence-corrected chi connectivity index (χ2v) is 28.1. The van der Waals surface area contributed by atoms with Crippen molar-refractivity contribution >= 4 is 77.2 Å². The molecular weight excluding hydrogens is 1240 g/mol. The average Bonchev–Trinajstić information content (AvgIpc) is 1.54. The van der Waals surface area contributed by atoms with Gasteiger partial charge in [-0.3, -0.25) is 48.3 Å². The molecule has 2 unspecified atom stereocenters. The molecule has 1 aromatic heterocycles. The summed E-state index contributed by atoms with van der Waals surface area (Å²) in [5.74, 6) is -6.68. The molecule has 2 fully saturated rings. The Bertz CT molecular complexity index is 3490.